The van der Waals surface area contributed by atoms with Crippen molar-refractivity contribution in [3.05, 3.63) is 77.9 Å². The highest BCUT2D eigenvalue weighted by atomic mass is 32.2. The van der Waals surface area contributed by atoms with E-state index in [0.29, 0.717) is 34.2 Å². The fraction of sp³-hybridized carbons (Fsp3) is 0.130. The minimum absolute atomic E-state index is 0.0687. The first-order valence-corrected chi connectivity index (χ1v) is 11.1. The van der Waals surface area contributed by atoms with Crippen molar-refractivity contribution < 1.29 is 18.2 Å². The number of carbonyl (C=O) groups excluding carboxylic acids is 2. The van der Waals surface area contributed by atoms with Gasteiger partial charge in [-0.2, -0.15) is 3.89 Å². The Morgan fingerprint density at radius 1 is 1.16 bits per heavy atom. The molecule has 0 spiro atoms. The topological polar surface area (TPSA) is 67.4 Å². The zero-order valence-electron chi connectivity index (χ0n) is 16.6. The van der Waals surface area contributed by atoms with E-state index in [9.17, 15) is 13.5 Å². The number of amides is 2. The Hall–Kier alpha value is -2.97. The van der Waals surface area contributed by atoms with Crippen LogP contribution in [0.3, 0.4) is 0 Å². The molecular formula is C23H19FN2O3S2. The molecule has 0 saturated heterocycles. The predicted molar refractivity (Wildman–Crippen MR) is 123 cm³/mol. The number of rotatable bonds is 6. The average molecular weight is 455 g/mol. The molecule has 0 saturated carbocycles. The van der Waals surface area contributed by atoms with Crippen molar-refractivity contribution in [1.82, 2.24) is 0 Å². The third-order valence-corrected chi connectivity index (χ3v) is 6.29. The van der Waals surface area contributed by atoms with E-state index in [1.54, 1.807) is 54.6 Å². The molecule has 31 heavy (non-hydrogen) atoms. The van der Waals surface area contributed by atoms with Crippen molar-refractivity contribution in [3.63, 3.8) is 0 Å². The molecule has 0 fully saturated rings. The maximum Gasteiger partial charge on any atom is 0.255 e. The highest BCUT2D eigenvalue weighted by Gasteiger charge is 2.23. The van der Waals surface area contributed by atoms with Gasteiger partial charge < -0.3 is 15.4 Å². The lowest BCUT2D eigenvalue weighted by Gasteiger charge is -2.21. The van der Waals surface area contributed by atoms with E-state index in [2.05, 4.69) is 10.6 Å². The third kappa shape index (κ3) is 5.21. The number of hydrogen-bond donors (Lipinski definition) is 2. The van der Waals surface area contributed by atoms with Gasteiger partial charge in [0.25, 0.3) is 5.91 Å². The van der Waals surface area contributed by atoms with Crippen LogP contribution in [0.25, 0.3) is 0 Å². The molecule has 0 aromatic heterocycles. The molecule has 1 aliphatic heterocycles. The highest BCUT2D eigenvalue weighted by Crippen LogP contribution is 2.36. The molecule has 2 amide bonds. The number of thioether (sulfide) groups is 1. The number of nitrogens with one attached hydrogen (secondary N) is 2. The van der Waals surface area contributed by atoms with E-state index < -0.39 is 0 Å². The number of hydrogen-bond acceptors (Lipinski definition) is 5. The molecule has 1 unspecified atom stereocenters. The zero-order valence-corrected chi connectivity index (χ0v) is 18.2. The molecule has 1 heterocycles. The Balaban J connectivity index is 1.37. The zero-order chi connectivity index (χ0) is 21.8. The van der Waals surface area contributed by atoms with Crippen molar-refractivity contribution in [2.45, 2.75) is 28.6 Å². The summed E-state index contributed by atoms with van der Waals surface area (Å²) in [6, 6.07) is 19.4. The number of anilines is 2. The highest BCUT2D eigenvalue weighted by molar-refractivity contribution is 8.01. The molecule has 0 radical (unpaired) electrons. The van der Waals surface area contributed by atoms with Gasteiger partial charge in [0.2, 0.25) is 5.91 Å². The lowest BCUT2D eigenvalue weighted by atomic mass is 10.1. The van der Waals surface area contributed by atoms with Crippen LogP contribution in [-0.4, -0.2) is 17.1 Å². The fourth-order valence-electron chi connectivity index (χ4n) is 3.04. The molecule has 0 bridgehead atoms. The molecule has 2 N–H and O–H groups in total. The molecule has 8 heteroatoms. The van der Waals surface area contributed by atoms with Gasteiger partial charge in [-0.3, -0.25) is 9.59 Å². The summed E-state index contributed by atoms with van der Waals surface area (Å²) in [6.07, 6.45) is 0. The largest absolute Gasteiger partial charge is 0.489 e. The van der Waals surface area contributed by atoms with Crippen LogP contribution < -0.4 is 15.4 Å². The second kappa shape index (κ2) is 9.45. The number of benzene rings is 3. The first-order chi connectivity index (χ1) is 15.0. The van der Waals surface area contributed by atoms with E-state index in [1.165, 1.54) is 11.8 Å². The standard InChI is InChI=1S/C23H19FN2O3S2/c1-14-22(27)26-20-12-16(5-10-21(20)30-14)23(28)25-17-6-8-18(9-7-17)29-13-15-3-2-4-19(11-15)31-24/h2-12,14H,13H2,1H3,(H,25,28)(H,26,27). The van der Waals surface area contributed by atoms with Gasteiger partial charge in [0, 0.05) is 21.0 Å². The first kappa shape index (κ1) is 21.3. The molecule has 4 rings (SSSR count). The van der Waals surface area contributed by atoms with Crippen LogP contribution in [0.4, 0.5) is 15.3 Å². The average Bonchev–Trinajstić information content (AvgIpc) is 2.79. The lowest BCUT2D eigenvalue weighted by molar-refractivity contribution is -0.115. The van der Waals surface area contributed by atoms with Gasteiger partial charge in [0.1, 0.15) is 12.4 Å². The van der Waals surface area contributed by atoms with Gasteiger partial charge in [-0.1, -0.05) is 12.1 Å². The van der Waals surface area contributed by atoms with Crippen molar-refractivity contribution in [2.24, 2.45) is 0 Å². The van der Waals surface area contributed by atoms with E-state index in [4.69, 9.17) is 4.74 Å². The summed E-state index contributed by atoms with van der Waals surface area (Å²) in [5.41, 5.74) is 2.60. The van der Waals surface area contributed by atoms with Crippen LogP contribution in [0.1, 0.15) is 22.8 Å². The van der Waals surface area contributed by atoms with Crippen LogP contribution >= 0.6 is 23.9 Å². The van der Waals surface area contributed by atoms with E-state index in [0.717, 1.165) is 10.5 Å². The number of carbonyl (C=O) groups is 2. The molecule has 0 aliphatic carbocycles. The van der Waals surface area contributed by atoms with Crippen LogP contribution in [0.2, 0.25) is 0 Å². The Morgan fingerprint density at radius 2 is 1.97 bits per heavy atom. The predicted octanol–water partition coefficient (Wildman–Crippen LogP) is 5.93. The van der Waals surface area contributed by atoms with Crippen LogP contribution in [0.15, 0.2) is 76.5 Å². The minimum atomic E-state index is -0.269. The minimum Gasteiger partial charge on any atom is -0.489 e. The summed E-state index contributed by atoms with van der Waals surface area (Å²) in [6.45, 7) is 2.16. The van der Waals surface area contributed by atoms with Crippen LogP contribution in [0.5, 0.6) is 5.75 Å². The second-order valence-corrected chi connectivity index (χ2v) is 8.96. The maximum atomic E-state index is 12.7. The van der Waals surface area contributed by atoms with Gasteiger partial charge in [0.15, 0.2) is 0 Å². The summed E-state index contributed by atoms with van der Waals surface area (Å²) in [7, 11) is 0. The van der Waals surface area contributed by atoms with E-state index >= 15 is 0 Å². The molecule has 1 aliphatic rings. The lowest BCUT2D eigenvalue weighted by Crippen LogP contribution is -2.26. The van der Waals surface area contributed by atoms with Crippen molar-refractivity contribution in [1.29, 1.82) is 0 Å². The molecule has 158 valence electrons. The number of fused-ring (bicyclic) bond motifs is 1. The summed E-state index contributed by atoms with van der Waals surface area (Å²) < 4.78 is 18.4. The van der Waals surface area contributed by atoms with Gasteiger partial charge in [-0.25, -0.2) is 0 Å². The Bertz CT molecular complexity index is 1120. The normalized spacial score (nSPS) is 15.0. The third-order valence-electron chi connectivity index (χ3n) is 4.68. The van der Waals surface area contributed by atoms with E-state index in [1.807, 2.05) is 19.1 Å². The fourth-order valence-corrected chi connectivity index (χ4v) is 4.29. The number of ether oxygens (including phenoxy) is 1. The molecule has 1 atom stereocenters. The van der Waals surface area contributed by atoms with Crippen molar-refractivity contribution >= 4 is 47.1 Å². The quantitative estimate of drug-likeness (QED) is 0.483. The molecule has 3 aromatic rings. The molecule has 5 nitrogen and oxygen atoms in total. The number of halogens is 1. The van der Waals surface area contributed by atoms with E-state index in [-0.39, 0.29) is 29.2 Å². The Morgan fingerprint density at radius 3 is 2.74 bits per heavy atom. The Labute approximate surface area is 188 Å². The monoisotopic (exact) mass is 454 g/mol. The SMILES string of the molecule is CC1Sc2ccc(C(=O)Nc3ccc(OCc4cccc(SF)c4)cc3)cc2NC1=O. The van der Waals surface area contributed by atoms with Crippen molar-refractivity contribution in [2.75, 3.05) is 10.6 Å². The Kier molecular flexibility index (Phi) is 6.48. The van der Waals surface area contributed by atoms with Crippen LogP contribution in [0, 0.1) is 0 Å². The molecular weight excluding hydrogens is 435 g/mol. The first-order valence-electron chi connectivity index (χ1n) is 9.55. The van der Waals surface area contributed by atoms with Gasteiger partial charge in [-0.05, 0) is 67.1 Å². The summed E-state index contributed by atoms with van der Waals surface area (Å²) >= 11 is 1.67. The summed E-state index contributed by atoms with van der Waals surface area (Å²) in [5, 5.41) is 5.52. The van der Waals surface area contributed by atoms with Gasteiger partial charge >= 0.3 is 0 Å². The van der Waals surface area contributed by atoms with Crippen molar-refractivity contribution in [3.8, 4) is 5.75 Å². The second-order valence-electron chi connectivity index (χ2n) is 6.95. The van der Waals surface area contributed by atoms with Gasteiger partial charge in [0.05, 0.1) is 23.1 Å². The smallest absolute Gasteiger partial charge is 0.255 e. The summed E-state index contributed by atoms with van der Waals surface area (Å²) in [5.74, 6) is 0.301. The maximum absolute atomic E-state index is 12.7. The van der Waals surface area contributed by atoms with Gasteiger partial charge in [-0.15, -0.1) is 11.8 Å². The van der Waals surface area contributed by atoms with Crippen LogP contribution in [-0.2, 0) is 11.4 Å². The summed E-state index contributed by atoms with van der Waals surface area (Å²) in [4.78, 5) is 26.0. The molecule has 3 aromatic carbocycles.